The van der Waals surface area contributed by atoms with E-state index in [9.17, 15) is 13.2 Å². The van der Waals surface area contributed by atoms with Gasteiger partial charge in [0.25, 0.3) is 0 Å². The fraction of sp³-hybridized carbons (Fsp3) is 0.667. The van der Waals surface area contributed by atoms with Gasteiger partial charge < -0.3 is 4.74 Å². The summed E-state index contributed by atoms with van der Waals surface area (Å²) >= 11 is 0. The van der Waals surface area contributed by atoms with Crippen molar-refractivity contribution in [1.29, 1.82) is 0 Å². The maximum atomic E-state index is 11.8. The molecule has 0 aliphatic carbocycles. The van der Waals surface area contributed by atoms with Crippen molar-refractivity contribution < 1.29 is 17.9 Å². The van der Waals surface area contributed by atoms with Gasteiger partial charge in [-0.05, 0) is 6.42 Å². The van der Waals surface area contributed by atoms with Crippen LogP contribution in [0.5, 0.6) is 0 Å². The fourth-order valence-corrected chi connectivity index (χ4v) is 0.361. The number of halogens is 3. The van der Waals surface area contributed by atoms with Gasteiger partial charge in [0.1, 0.15) is 0 Å². The smallest absolute Gasteiger partial charge is 0.342 e. The molecule has 0 aromatic heterocycles. The maximum absolute atomic E-state index is 11.8. The van der Waals surface area contributed by atoms with Crippen molar-refractivity contribution in [2.45, 2.75) is 19.8 Å². The minimum absolute atomic E-state index is 0.0136. The summed E-state index contributed by atoms with van der Waals surface area (Å²) in [4.78, 5) is 0. The van der Waals surface area contributed by atoms with E-state index in [1.807, 2.05) is 6.92 Å². The van der Waals surface area contributed by atoms with Crippen molar-refractivity contribution in [3.63, 3.8) is 0 Å². The number of unbranched alkanes of at least 4 members (excludes halogenated alkanes) is 1. The Bertz CT molecular complexity index is 118. The van der Waals surface area contributed by atoms with Crippen LogP contribution in [0.3, 0.4) is 0 Å². The number of ether oxygens (including phenoxy) is 1. The molecule has 0 amide bonds. The minimum atomic E-state index is -2.39. The van der Waals surface area contributed by atoms with Crippen molar-refractivity contribution in [2.75, 3.05) is 6.61 Å². The van der Waals surface area contributed by atoms with E-state index in [1.54, 1.807) is 0 Å². The molecule has 0 aliphatic rings. The molecule has 60 valence electrons. The first-order valence-electron chi connectivity index (χ1n) is 3.02. The maximum Gasteiger partial charge on any atom is 0.342 e. The molecule has 0 saturated heterocycles. The van der Waals surface area contributed by atoms with Gasteiger partial charge >= 0.3 is 12.1 Å². The molecule has 0 aromatic rings. The van der Waals surface area contributed by atoms with E-state index in [0.29, 0.717) is 6.42 Å². The standard InChI is InChI=1S/C6H9F3O/c1-2-3-4-10-6(9)5(7)8/h2-4H2,1H3. The normalized spacial score (nSPS) is 9.20. The van der Waals surface area contributed by atoms with Crippen LogP contribution in [-0.4, -0.2) is 6.61 Å². The molecule has 0 atom stereocenters. The predicted molar refractivity (Wildman–Crippen MR) is 31.2 cm³/mol. The lowest BCUT2D eigenvalue weighted by atomic mass is 10.4. The van der Waals surface area contributed by atoms with Gasteiger partial charge in [0.05, 0.1) is 6.61 Å². The second-order valence-corrected chi connectivity index (χ2v) is 1.74. The molecule has 0 bridgehead atoms. The Morgan fingerprint density at radius 3 is 2.30 bits per heavy atom. The monoisotopic (exact) mass is 154 g/mol. The van der Waals surface area contributed by atoms with Crippen molar-refractivity contribution >= 4 is 0 Å². The lowest BCUT2D eigenvalue weighted by molar-refractivity contribution is 0.117. The average Bonchev–Trinajstić information content (AvgIpc) is 1.88. The predicted octanol–water partition coefficient (Wildman–Crippen LogP) is 2.84. The van der Waals surface area contributed by atoms with Gasteiger partial charge in [0.15, 0.2) is 0 Å². The zero-order valence-corrected chi connectivity index (χ0v) is 5.66. The SMILES string of the molecule is CCCCOC(F)=C(F)F. The van der Waals surface area contributed by atoms with Crippen molar-refractivity contribution in [3.8, 4) is 0 Å². The molecule has 0 aromatic carbocycles. The summed E-state index contributed by atoms with van der Waals surface area (Å²) in [5, 5.41) is 0. The van der Waals surface area contributed by atoms with Crippen molar-refractivity contribution in [1.82, 2.24) is 0 Å². The molecule has 0 heterocycles. The highest BCUT2D eigenvalue weighted by atomic mass is 19.3. The van der Waals surface area contributed by atoms with Crippen molar-refractivity contribution in [2.24, 2.45) is 0 Å². The molecule has 0 unspecified atom stereocenters. The quantitative estimate of drug-likeness (QED) is 0.447. The first kappa shape index (κ1) is 9.33. The first-order chi connectivity index (χ1) is 4.68. The molecule has 0 saturated carbocycles. The van der Waals surface area contributed by atoms with Crippen LogP contribution >= 0.6 is 0 Å². The molecule has 0 fully saturated rings. The van der Waals surface area contributed by atoms with Crippen LogP contribution in [0.15, 0.2) is 12.1 Å². The van der Waals surface area contributed by atoms with Crippen LogP contribution in [0.2, 0.25) is 0 Å². The van der Waals surface area contributed by atoms with Crippen LogP contribution in [0.1, 0.15) is 19.8 Å². The zero-order chi connectivity index (χ0) is 7.98. The molecular formula is C6H9F3O. The molecule has 0 rings (SSSR count). The van der Waals surface area contributed by atoms with E-state index in [0.717, 1.165) is 6.42 Å². The summed E-state index contributed by atoms with van der Waals surface area (Å²) < 4.78 is 38.2. The highest BCUT2D eigenvalue weighted by Crippen LogP contribution is 2.10. The zero-order valence-electron chi connectivity index (χ0n) is 5.66. The summed E-state index contributed by atoms with van der Waals surface area (Å²) in [6.45, 7) is 1.87. The summed E-state index contributed by atoms with van der Waals surface area (Å²) in [5.74, 6) is 0. The largest absolute Gasteiger partial charge is 0.467 e. The third-order valence-electron chi connectivity index (χ3n) is 0.875. The fourth-order valence-electron chi connectivity index (χ4n) is 0.361. The van der Waals surface area contributed by atoms with Gasteiger partial charge in [0.2, 0.25) is 0 Å². The third-order valence-corrected chi connectivity index (χ3v) is 0.875. The van der Waals surface area contributed by atoms with Crippen LogP contribution in [-0.2, 0) is 4.74 Å². The first-order valence-corrected chi connectivity index (χ1v) is 3.02. The van der Waals surface area contributed by atoms with E-state index in [2.05, 4.69) is 4.74 Å². The number of hydrogen-bond acceptors (Lipinski definition) is 1. The lowest BCUT2D eigenvalue weighted by Crippen LogP contribution is -1.90. The van der Waals surface area contributed by atoms with Crippen molar-refractivity contribution in [3.05, 3.63) is 12.1 Å². The highest BCUT2D eigenvalue weighted by Gasteiger charge is 2.03. The molecule has 0 aliphatic heterocycles. The number of rotatable bonds is 4. The summed E-state index contributed by atoms with van der Waals surface area (Å²) in [7, 11) is 0. The topological polar surface area (TPSA) is 9.23 Å². The Labute approximate surface area is 57.5 Å². The van der Waals surface area contributed by atoms with E-state index in [-0.39, 0.29) is 6.61 Å². The second kappa shape index (κ2) is 5.14. The van der Waals surface area contributed by atoms with Gasteiger partial charge in [-0.3, -0.25) is 0 Å². The summed E-state index contributed by atoms with van der Waals surface area (Å²) in [5.41, 5.74) is 0. The van der Waals surface area contributed by atoms with Gasteiger partial charge in [-0.1, -0.05) is 13.3 Å². The van der Waals surface area contributed by atoms with Crippen LogP contribution in [0, 0.1) is 0 Å². The Kier molecular flexibility index (Phi) is 4.80. The number of hydrogen-bond donors (Lipinski definition) is 0. The second-order valence-electron chi connectivity index (χ2n) is 1.74. The third kappa shape index (κ3) is 4.23. The van der Waals surface area contributed by atoms with E-state index in [1.165, 1.54) is 0 Å². The van der Waals surface area contributed by atoms with Gasteiger partial charge in [-0.2, -0.15) is 13.2 Å². The van der Waals surface area contributed by atoms with E-state index >= 15 is 0 Å². The highest BCUT2D eigenvalue weighted by molar-refractivity contribution is 4.80. The van der Waals surface area contributed by atoms with Gasteiger partial charge in [-0.25, -0.2) is 0 Å². The molecule has 0 spiro atoms. The Balaban J connectivity index is 3.40. The molecule has 0 N–H and O–H groups in total. The minimum Gasteiger partial charge on any atom is -0.467 e. The Morgan fingerprint density at radius 2 is 1.90 bits per heavy atom. The molecule has 0 radical (unpaired) electrons. The van der Waals surface area contributed by atoms with Crippen LogP contribution in [0.25, 0.3) is 0 Å². The van der Waals surface area contributed by atoms with Crippen LogP contribution < -0.4 is 0 Å². The van der Waals surface area contributed by atoms with E-state index < -0.39 is 12.1 Å². The average molecular weight is 154 g/mol. The summed E-state index contributed by atoms with van der Waals surface area (Å²) in [6, 6.07) is -1.76. The van der Waals surface area contributed by atoms with Gasteiger partial charge in [-0.15, -0.1) is 0 Å². The molecule has 10 heavy (non-hydrogen) atoms. The molecular weight excluding hydrogens is 145 g/mol. The molecule has 1 nitrogen and oxygen atoms in total. The van der Waals surface area contributed by atoms with Crippen LogP contribution in [0.4, 0.5) is 13.2 Å². The Hall–Kier alpha value is -0.670. The lowest BCUT2D eigenvalue weighted by Gasteiger charge is -1.98. The molecule has 4 heteroatoms. The summed E-state index contributed by atoms with van der Waals surface area (Å²) in [6.07, 6.45) is -1.02. The van der Waals surface area contributed by atoms with E-state index in [4.69, 9.17) is 0 Å². The Morgan fingerprint density at radius 1 is 1.30 bits per heavy atom. The van der Waals surface area contributed by atoms with Gasteiger partial charge in [0, 0.05) is 0 Å².